The zero-order valence-corrected chi connectivity index (χ0v) is 7.51. The molecular weight excluding hydrogens is 154 g/mol. The minimum atomic E-state index is -0.248. The molecule has 0 spiro atoms. The van der Waals surface area contributed by atoms with Crippen molar-refractivity contribution in [1.29, 1.82) is 0 Å². The lowest BCUT2D eigenvalue weighted by Gasteiger charge is -2.27. The van der Waals surface area contributed by atoms with Crippen LogP contribution in [0.5, 0.6) is 0 Å². The van der Waals surface area contributed by atoms with Crippen LogP contribution in [0, 0.1) is 0 Å². The smallest absolute Gasteiger partial charge is 0.413 e. The molecule has 0 aromatic carbocycles. The van der Waals surface area contributed by atoms with Crippen molar-refractivity contribution < 1.29 is 9.53 Å². The summed E-state index contributed by atoms with van der Waals surface area (Å²) in [5.41, 5.74) is 0.889. The van der Waals surface area contributed by atoms with E-state index >= 15 is 0 Å². The monoisotopic (exact) mass is 169 g/mol. The highest BCUT2D eigenvalue weighted by Gasteiger charge is 2.20. The fourth-order valence-corrected chi connectivity index (χ4v) is 1.31. The highest BCUT2D eigenvalue weighted by atomic mass is 16.6. The van der Waals surface area contributed by atoms with Crippen LogP contribution in [-0.2, 0) is 4.74 Å². The predicted octanol–water partition coefficient (Wildman–Crippen LogP) is 2.14. The molecule has 0 atom stereocenters. The molecule has 1 fully saturated rings. The molecule has 1 rings (SSSR count). The summed E-state index contributed by atoms with van der Waals surface area (Å²) in [5.74, 6) is 0. The molecule has 0 radical (unpaired) electrons. The molecule has 0 aromatic rings. The van der Waals surface area contributed by atoms with Crippen molar-refractivity contribution >= 4 is 6.09 Å². The van der Waals surface area contributed by atoms with Crippen LogP contribution < -0.4 is 0 Å². The SMILES string of the molecule is C=C1CCCCN1C(=O)OCC. The molecule has 1 heterocycles. The van der Waals surface area contributed by atoms with Crippen molar-refractivity contribution in [2.75, 3.05) is 13.2 Å². The average Bonchev–Trinajstić information content (AvgIpc) is 2.05. The molecule has 3 nitrogen and oxygen atoms in total. The van der Waals surface area contributed by atoms with E-state index in [2.05, 4.69) is 6.58 Å². The van der Waals surface area contributed by atoms with E-state index in [4.69, 9.17) is 4.74 Å². The summed E-state index contributed by atoms with van der Waals surface area (Å²) in [4.78, 5) is 12.9. The number of carbonyl (C=O) groups excluding carboxylic acids is 1. The maximum Gasteiger partial charge on any atom is 0.413 e. The zero-order valence-electron chi connectivity index (χ0n) is 7.51. The van der Waals surface area contributed by atoms with Gasteiger partial charge in [-0.1, -0.05) is 6.58 Å². The van der Waals surface area contributed by atoms with Crippen molar-refractivity contribution in [2.45, 2.75) is 26.2 Å². The van der Waals surface area contributed by atoms with Gasteiger partial charge in [0, 0.05) is 12.2 Å². The second-order valence-corrected chi connectivity index (χ2v) is 2.87. The predicted molar refractivity (Wildman–Crippen MR) is 46.7 cm³/mol. The van der Waals surface area contributed by atoms with Crippen molar-refractivity contribution in [3.05, 3.63) is 12.3 Å². The number of amides is 1. The Morgan fingerprint density at radius 2 is 2.42 bits per heavy atom. The molecule has 1 saturated heterocycles. The number of allylic oxidation sites excluding steroid dienone is 1. The number of piperidine rings is 1. The number of carbonyl (C=O) groups is 1. The molecule has 0 bridgehead atoms. The third kappa shape index (κ3) is 2.00. The summed E-state index contributed by atoms with van der Waals surface area (Å²) in [6, 6.07) is 0. The van der Waals surface area contributed by atoms with Gasteiger partial charge >= 0.3 is 6.09 Å². The second-order valence-electron chi connectivity index (χ2n) is 2.87. The van der Waals surface area contributed by atoms with Crippen LogP contribution in [-0.4, -0.2) is 24.1 Å². The maximum atomic E-state index is 11.3. The molecule has 3 heteroatoms. The summed E-state index contributed by atoms with van der Waals surface area (Å²) in [6.45, 7) is 6.83. The third-order valence-electron chi connectivity index (χ3n) is 1.97. The highest BCUT2D eigenvalue weighted by molar-refractivity contribution is 5.69. The minimum Gasteiger partial charge on any atom is -0.449 e. The first-order chi connectivity index (χ1) is 5.75. The van der Waals surface area contributed by atoms with Gasteiger partial charge in [0.25, 0.3) is 0 Å². The van der Waals surface area contributed by atoms with Gasteiger partial charge in [-0.3, -0.25) is 4.90 Å². The number of likely N-dealkylation sites (tertiary alicyclic amines) is 1. The number of rotatable bonds is 1. The van der Waals surface area contributed by atoms with Crippen LogP contribution in [0.1, 0.15) is 26.2 Å². The third-order valence-corrected chi connectivity index (χ3v) is 1.97. The van der Waals surface area contributed by atoms with Gasteiger partial charge in [0.15, 0.2) is 0 Å². The molecule has 0 saturated carbocycles. The number of hydrogen-bond acceptors (Lipinski definition) is 2. The molecule has 68 valence electrons. The Morgan fingerprint density at radius 1 is 1.67 bits per heavy atom. The van der Waals surface area contributed by atoms with Crippen LogP contribution in [0.3, 0.4) is 0 Å². The van der Waals surface area contributed by atoms with Gasteiger partial charge in [-0.15, -0.1) is 0 Å². The molecule has 0 aliphatic carbocycles. The standard InChI is InChI=1S/C9H15NO2/c1-3-12-9(11)10-7-5-4-6-8(10)2/h2-7H2,1H3. The quantitative estimate of drug-likeness (QED) is 0.602. The first-order valence-electron chi connectivity index (χ1n) is 4.37. The number of nitrogens with zero attached hydrogens (tertiary/aromatic N) is 1. The second kappa shape index (κ2) is 4.14. The van der Waals surface area contributed by atoms with E-state index in [1.165, 1.54) is 0 Å². The zero-order chi connectivity index (χ0) is 8.97. The highest BCUT2D eigenvalue weighted by Crippen LogP contribution is 2.19. The lowest BCUT2D eigenvalue weighted by molar-refractivity contribution is 0.113. The Bertz CT molecular complexity index is 189. The van der Waals surface area contributed by atoms with E-state index in [1.54, 1.807) is 4.90 Å². The van der Waals surface area contributed by atoms with Gasteiger partial charge in [-0.2, -0.15) is 0 Å². The van der Waals surface area contributed by atoms with Crippen LogP contribution in [0.4, 0.5) is 4.79 Å². The van der Waals surface area contributed by atoms with Gasteiger partial charge in [0.1, 0.15) is 0 Å². The lowest BCUT2D eigenvalue weighted by Crippen LogP contribution is -2.33. The van der Waals surface area contributed by atoms with Crippen LogP contribution >= 0.6 is 0 Å². The van der Waals surface area contributed by atoms with Gasteiger partial charge < -0.3 is 4.74 Å². The molecule has 1 amide bonds. The average molecular weight is 169 g/mol. The molecular formula is C9H15NO2. The summed E-state index contributed by atoms with van der Waals surface area (Å²) < 4.78 is 4.88. The number of ether oxygens (including phenoxy) is 1. The van der Waals surface area contributed by atoms with Crippen molar-refractivity contribution in [2.24, 2.45) is 0 Å². The Labute approximate surface area is 73.0 Å². The number of hydrogen-bond donors (Lipinski definition) is 0. The Balaban J connectivity index is 2.48. The first-order valence-corrected chi connectivity index (χ1v) is 4.37. The molecule has 0 unspecified atom stereocenters. The fourth-order valence-electron chi connectivity index (χ4n) is 1.31. The molecule has 0 aromatic heterocycles. The van der Waals surface area contributed by atoms with E-state index < -0.39 is 0 Å². The van der Waals surface area contributed by atoms with Gasteiger partial charge in [-0.05, 0) is 26.2 Å². The van der Waals surface area contributed by atoms with Crippen molar-refractivity contribution in [3.8, 4) is 0 Å². The molecule has 0 N–H and O–H groups in total. The maximum absolute atomic E-state index is 11.3. The van der Waals surface area contributed by atoms with Crippen molar-refractivity contribution in [3.63, 3.8) is 0 Å². The van der Waals surface area contributed by atoms with E-state index in [9.17, 15) is 4.79 Å². The summed E-state index contributed by atoms with van der Waals surface area (Å²) in [7, 11) is 0. The summed E-state index contributed by atoms with van der Waals surface area (Å²) in [6.07, 6.45) is 2.85. The van der Waals surface area contributed by atoms with E-state index in [1.807, 2.05) is 6.92 Å². The Hall–Kier alpha value is -0.990. The van der Waals surface area contributed by atoms with E-state index in [0.717, 1.165) is 31.5 Å². The van der Waals surface area contributed by atoms with Crippen molar-refractivity contribution in [1.82, 2.24) is 4.90 Å². The Kier molecular flexibility index (Phi) is 3.14. The summed E-state index contributed by atoms with van der Waals surface area (Å²) in [5, 5.41) is 0. The van der Waals surface area contributed by atoms with Gasteiger partial charge in [0.2, 0.25) is 0 Å². The molecule has 12 heavy (non-hydrogen) atoms. The lowest BCUT2D eigenvalue weighted by atomic mass is 10.1. The fraction of sp³-hybridized carbons (Fsp3) is 0.667. The van der Waals surface area contributed by atoms with E-state index in [0.29, 0.717) is 6.61 Å². The van der Waals surface area contributed by atoms with Gasteiger partial charge in [0.05, 0.1) is 6.61 Å². The largest absolute Gasteiger partial charge is 0.449 e. The molecule has 1 aliphatic heterocycles. The first kappa shape index (κ1) is 9.10. The van der Waals surface area contributed by atoms with E-state index in [-0.39, 0.29) is 6.09 Å². The van der Waals surface area contributed by atoms with Crippen LogP contribution in [0.15, 0.2) is 12.3 Å². The summed E-state index contributed by atoms with van der Waals surface area (Å²) >= 11 is 0. The molecule has 1 aliphatic rings. The van der Waals surface area contributed by atoms with Crippen LogP contribution in [0.25, 0.3) is 0 Å². The Morgan fingerprint density at radius 3 is 3.00 bits per heavy atom. The van der Waals surface area contributed by atoms with Crippen LogP contribution in [0.2, 0.25) is 0 Å². The van der Waals surface area contributed by atoms with Gasteiger partial charge in [-0.25, -0.2) is 4.79 Å². The normalized spacial score (nSPS) is 17.8. The topological polar surface area (TPSA) is 29.5 Å². The minimum absolute atomic E-state index is 0.248.